The van der Waals surface area contributed by atoms with Gasteiger partial charge in [-0.05, 0) is 82.7 Å². The second-order valence-electron chi connectivity index (χ2n) is 6.40. The lowest BCUT2D eigenvalue weighted by Crippen LogP contribution is -2.34. The second kappa shape index (κ2) is 8.84. The number of aromatic hydroxyl groups is 1. The minimum atomic E-state index is -0.479. The maximum absolute atomic E-state index is 12.4. The Kier molecular flexibility index (Phi) is 6.15. The van der Waals surface area contributed by atoms with Gasteiger partial charge in [-0.25, -0.2) is 4.98 Å². The summed E-state index contributed by atoms with van der Waals surface area (Å²) in [5.41, 5.74) is 2.70. The van der Waals surface area contributed by atoms with Crippen LogP contribution in [0, 0.1) is 0 Å². The fraction of sp³-hybridized carbons (Fsp3) is 0. The van der Waals surface area contributed by atoms with Gasteiger partial charge in [0.15, 0.2) is 10.7 Å². The molecule has 0 saturated carbocycles. The fourth-order valence-corrected chi connectivity index (χ4v) is 3.74. The molecule has 0 aliphatic rings. The molecular formula is C21H12BrCl2N3O3S. The summed E-state index contributed by atoms with van der Waals surface area (Å²) in [4.78, 5) is 16.9. The third kappa shape index (κ3) is 4.83. The lowest BCUT2D eigenvalue weighted by atomic mass is 10.2. The minimum absolute atomic E-state index is 0.0894. The van der Waals surface area contributed by atoms with Crippen molar-refractivity contribution in [3.8, 4) is 17.2 Å². The molecule has 0 saturated heterocycles. The summed E-state index contributed by atoms with van der Waals surface area (Å²) in [6, 6.07) is 14.8. The average molecular weight is 537 g/mol. The summed E-state index contributed by atoms with van der Waals surface area (Å²) in [7, 11) is 0. The van der Waals surface area contributed by atoms with Crippen LogP contribution in [-0.2, 0) is 0 Å². The van der Waals surface area contributed by atoms with E-state index in [0.717, 1.165) is 0 Å². The van der Waals surface area contributed by atoms with Gasteiger partial charge in [-0.3, -0.25) is 10.1 Å². The number of phenols is 1. The first-order valence-corrected chi connectivity index (χ1v) is 10.7. The highest BCUT2D eigenvalue weighted by atomic mass is 79.9. The van der Waals surface area contributed by atoms with Gasteiger partial charge in [-0.15, -0.1) is 0 Å². The van der Waals surface area contributed by atoms with Gasteiger partial charge in [0.25, 0.3) is 5.91 Å². The number of nitrogens with zero attached hydrogens (tertiary/aromatic N) is 1. The van der Waals surface area contributed by atoms with Crippen LogP contribution in [0.4, 0.5) is 5.69 Å². The molecule has 0 atom stereocenters. The number of fused-ring (bicyclic) bond motifs is 1. The second-order valence-corrected chi connectivity index (χ2v) is 8.51. The lowest BCUT2D eigenvalue weighted by molar-refractivity contribution is 0.0978. The number of thiocarbonyl (C=S) groups is 1. The van der Waals surface area contributed by atoms with E-state index in [2.05, 4.69) is 31.5 Å². The molecule has 0 radical (unpaired) electrons. The van der Waals surface area contributed by atoms with Crippen molar-refractivity contribution < 1.29 is 14.3 Å². The van der Waals surface area contributed by atoms with Crippen LogP contribution in [0.2, 0.25) is 10.0 Å². The molecule has 1 aromatic heterocycles. The van der Waals surface area contributed by atoms with E-state index in [1.165, 1.54) is 12.1 Å². The number of oxazole rings is 1. The van der Waals surface area contributed by atoms with Gasteiger partial charge in [0.1, 0.15) is 11.3 Å². The Bertz CT molecular complexity index is 1340. The number of carbonyl (C=O) groups is 1. The number of anilines is 1. The number of aromatic nitrogens is 1. The molecule has 6 nitrogen and oxygen atoms in total. The molecule has 10 heteroatoms. The van der Waals surface area contributed by atoms with E-state index in [1.807, 2.05) is 0 Å². The third-order valence-corrected chi connectivity index (χ3v) is 5.64. The maximum atomic E-state index is 12.4. The number of amides is 1. The molecule has 4 aromatic rings. The first-order valence-electron chi connectivity index (χ1n) is 8.77. The molecule has 0 aliphatic heterocycles. The first kappa shape index (κ1) is 21.6. The maximum Gasteiger partial charge on any atom is 0.258 e. The molecule has 0 aliphatic carbocycles. The van der Waals surface area contributed by atoms with Crippen molar-refractivity contribution in [2.75, 3.05) is 5.32 Å². The number of hydrogen-bond donors (Lipinski definition) is 3. The highest BCUT2D eigenvalue weighted by Gasteiger charge is 2.14. The van der Waals surface area contributed by atoms with Crippen LogP contribution in [0.3, 0.4) is 0 Å². The van der Waals surface area contributed by atoms with Crippen molar-refractivity contribution in [3.63, 3.8) is 0 Å². The monoisotopic (exact) mass is 535 g/mol. The van der Waals surface area contributed by atoms with Gasteiger partial charge in [0, 0.05) is 16.3 Å². The largest absolute Gasteiger partial charge is 0.507 e. The Labute approximate surface area is 200 Å². The number of carbonyl (C=O) groups excluding carboxylic acids is 1. The highest BCUT2D eigenvalue weighted by molar-refractivity contribution is 9.10. The van der Waals surface area contributed by atoms with Gasteiger partial charge >= 0.3 is 0 Å². The van der Waals surface area contributed by atoms with Crippen LogP contribution in [0.5, 0.6) is 5.75 Å². The molecule has 1 heterocycles. The number of hydrogen-bond acceptors (Lipinski definition) is 5. The summed E-state index contributed by atoms with van der Waals surface area (Å²) in [6.07, 6.45) is 0. The lowest BCUT2D eigenvalue weighted by Gasteiger charge is -2.10. The molecule has 0 bridgehead atoms. The smallest absolute Gasteiger partial charge is 0.258 e. The summed E-state index contributed by atoms with van der Waals surface area (Å²) in [5, 5.41) is 15.9. The zero-order valence-corrected chi connectivity index (χ0v) is 19.4. The van der Waals surface area contributed by atoms with E-state index in [1.54, 1.807) is 42.5 Å². The molecule has 1 amide bonds. The van der Waals surface area contributed by atoms with Crippen molar-refractivity contribution in [1.29, 1.82) is 0 Å². The van der Waals surface area contributed by atoms with Crippen molar-refractivity contribution in [2.45, 2.75) is 0 Å². The summed E-state index contributed by atoms with van der Waals surface area (Å²) in [5.74, 6) is 0.0491. The normalized spacial score (nSPS) is 10.8. The van der Waals surface area contributed by atoms with Gasteiger partial charge < -0.3 is 14.8 Å². The average Bonchev–Trinajstić information content (AvgIpc) is 3.15. The van der Waals surface area contributed by atoms with Crippen LogP contribution in [0.1, 0.15) is 10.4 Å². The van der Waals surface area contributed by atoms with Crippen molar-refractivity contribution in [1.82, 2.24) is 10.3 Å². The standard InChI is InChI=1S/C21H12BrCl2N3O3S/c22-14-7-10(1-5-17(14)28)20-26-16-9-12(3-6-18(16)30-20)25-21(31)27-19(29)13-8-11(23)2-4-15(13)24/h1-9,28H,(H2,25,27,29,31). The zero-order chi connectivity index (χ0) is 22.1. The van der Waals surface area contributed by atoms with Crippen LogP contribution in [0.15, 0.2) is 63.5 Å². The minimum Gasteiger partial charge on any atom is -0.507 e. The molecule has 0 spiro atoms. The molecule has 31 heavy (non-hydrogen) atoms. The molecular weight excluding hydrogens is 525 g/mol. The van der Waals surface area contributed by atoms with Gasteiger partial charge in [-0.2, -0.15) is 0 Å². The van der Waals surface area contributed by atoms with Crippen LogP contribution < -0.4 is 10.6 Å². The predicted molar refractivity (Wildman–Crippen MR) is 129 cm³/mol. The topological polar surface area (TPSA) is 87.4 Å². The third-order valence-electron chi connectivity index (χ3n) is 4.24. The zero-order valence-electron chi connectivity index (χ0n) is 15.4. The summed E-state index contributed by atoms with van der Waals surface area (Å²) in [6.45, 7) is 0. The summed E-state index contributed by atoms with van der Waals surface area (Å²) < 4.78 is 6.32. The van der Waals surface area contributed by atoms with Crippen LogP contribution >= 0.6 is 51.3 Å². The molecule has 3 aromatic carbocycles. The Morgan fingerprint density at radius 2 is 1.90 bits per heavy atom. The Morgan fingerprint density at radius 1 is 1.10 bits per heavy atom. The van der Waals surface area contributed by atoms with Crippen molar-refractivity contribution >= 4 is 79.2 Å². The Morgan fingerprint density at radius 3 is 2.68 bits per heavy atom. The van der Waals surface area contributed by atoms with Crippen LogP contribution in [0.25, 0.3) is 22.6 Å². The number of nitrogens with one attached hydrogen (secondary N) is 2. The number of phenolic OH excluding ortho intramolecular Hbond substituents is 1. The van der Waals surface area contributed by atoms with Crippen molar-refractivity contribution in [3.05, 3.63) is 74.7 Å². The first-order chi connectivity index (χ1) is 14.8. The van der Waals surface area contributed by atoms with Crippen molar-refractivity contribution in [2.24, 2.45) is 0 Å². The fourth-order valence-electron chi connectivity index (χ4n) is 2.77. The van der Waals surface area contributed by atoms with E-state index in [-0.39, 0.29) is 21.4 Å². The molecule has 0 unspecified atom stereocenters. The van der Waals surface area contributed by atoms with E-state index in [0.29, 0.717) is 37.7 Å². The Balaban J connectivity index is 1.50. The van der Waals surface area contributed by atoms with E-state index in [9.17, 15) is 9.90 Å². The summed E-state index contributed by atoms with van der Waals surface area (Å²) >= 11 is 20.5. The number of benzene rings is 3. The number of rotatable bonds is 3. The molecule has 156 valence electrons. The van der Waals surface area contributed by atoms with E-state index in [4.69, 9.17) is 39.8 Å². The Hall–Kier alpha value is -2.65. The van der Waals surface area contributed by atoms with Gasteiger partial charge in [-0.1, -0.05) is 23.2 Å². The van der Waals surface area contributed by atoms with E-state index < -0.39 is 5.91 Å². The van der Waals surface area contributed by atoms with Crippen LogP contribution in [-0.4, -0.2) is 21.1 Å². The SMILES string of the molecule is O=C(NC(=S)Nc1ccc2oc(-c3ccc(O)c(Br)c3)nc2c1)c1cc(Cl)ccc1Cl. The predicted octanol–water partition coefficient (Wildman–Crippen LogP) is 6.40. The van der Waals surface area contributed by atoms with Gasteiger partial charge in [0.05, 0.1) is 15.1 Å². The van der Waals surface area contributed by atoms with E-state index >= 15 is 0 Å². The molecule has 3 N–H and O–H groups in total. The molecule has 0 fully saturated rings. The number of halogens is 3. The highest BCUT2D eigenvalue weighted by Crippen LogP contribution is 2.31. The molecule has 4 rings (SSSR count). The quantitative estimate of drug-likeness (QED) is 0.263. The van der Waals surface area contributed by atoms with Gasteiger partial charge in [0.2, 0.25) is 5.89 Å².